The molecule has 0 radical (unpaired) electrons. The molecule has 3 heterocycles. The van der Waals surface area contributed by atoms with Gasteiger partial charge in [-0.2, -0.15) is 0 Å². The zero-order chi connectivity index (χ0) is 18.2. The number of pyridine rings is 1. The summed E-state index contributed by atoms with van der Waals surface area (Å²) < 4.78 is 0. The smallest absolute Gasteiger partial charge is 0.265 e. The molecule has 0 spiro atoms. The third-order valence-electron chi connectivity index (χ3n) is 4.11. The minimum absolute atomic E-state index is 0.125. The Bertz CT molecular complexity index is 875. The molecule has 1 atom stereocenters. The monoisotopic (exact) mass is 357 g/mol. The number of nitrogens with zero attached hydrogens (tertiary/aromatic N) is 3. The molecule has 3 N–H and O–H groups in total. The average molecular weight is 357 g/mol. The Balaban J connectivity index is 1.87. The first-order valence-corrected chi connectivity index (χ1v) is 8.56. The summed E-state index contributed by atoms with van der Waals surface area (Å²) in [6, 6.07) is 7.13. The van der Waals surface area contributed by atoms with Crippen LogP contribution < -0.4 is 11.1 Å². The van der Waals surface area contributed by atoms with E-state index in [0.29, 0.717) is 16.3 Å². The van der Waals surface area contributed by atoms with Crippen molar-refractivity contribution in [3.05, 3.63) is 45.9 Å². The number of guanidine groups is 1. The number of aryl methyl sites for hydroxylation is 1. The van der Waals surface area contributed by atoms with Gasteiger partial charge in [-0.3, -0.25) is 19.5 Å². The summed E-state index contributed by atoms with van der Waals surface area (Å²) in [7, 11) is 1.59. The van der Waals surface area contributed by atoms with E-state index in [9.17, 15) is 9.59 Å². The number of amides is 2. The zero-order valence-electron chi connectivity index (χ0n) is 14.2. The molecule has 0 aromatic carbocycles. The summed E-state index contributed by atoms with van der Waals surface area (Å²) >= 11 is 1.43. The normalized spacial score (nSPS) is 20.4. The predicted octanol–water partition coefficient (Wildman–Crippen LogP) is 2.10. The molecule has 0 fully saturated rings. The summed E-state index contributed by atoms with van der Waals surface area (Å²) in [5.74, 6) is -0.146. The van der Waals surface area contributed by atoms with Crippen molar-refractivity contribution in [3.63, 3.8) is 0 Å². The minimum atomic E-state index is -0.853. The molecule has 2 aromatic rings. The van der Waals surface area contributed by atoms with Crippen LogP contribution in [0.15, 0.2) is 35.5 Å². The first kappa shape index (κ1) is 17.1. The van der Waals surface area contributed by atoms with E-state index in [1.54, 1.807) is 38.4 Å². The molecule has 1 aliphatic heterocycles. The third kappa shape index (κ3) is 3.39. The fourth-order valence-corrected chi connectivity index (χ4v) is 3.37. The van der Waals surface area contributed by atoms with Crippen molar-refractivity contribution in [2.24, 2.45) is 10.7 Å². The van der Waals surface area contributed by atoms with Crippen molar-refractivity contribution in [2.45, 2.75) is 25.8 Å². The highest BCUT2D eigenvalue weighted by Crippen LogP contribution is 2.32. The van der Waals surface area contributed by atoms with Gasteiger partial charge in [0.15, 0.2) is 5.96 Å². The molecule has 2 aromatic heterocycles. The molecule has 0 aliphatic carbocycles. The van der Waals surface area contributed by atoms with Gasteiger partial charge in [-0.1, -0.05) is 0 Å². The maximum absolute atomic E-state index is 12.3. The second kappa shape index (κ2) is 6.29. The molecular weight excluding hydrogens is 338 g/mol. The number of anilines is 1. The molecule has 2 amide bonds. The molecular formula is C17H19N5O2S. The molecule has 1 unspecified atom stereocenters. The van der Waals surface area contributed by atoms with E-state index < -0.39 is 5.54 Å². The number of nitrogens with one attached hydrogen (secondary N) is 1. The lowest BCUT2D eigenvalue weighted by atomic mass is 9.91. The quantitative estimate of drug-likeness (QED) is 0.878. The topological polar surface area (TPSA) is 101 Å². The van der Waals surface area contributed by atoms with Crippen molar-refractivity contribution in [1.29, 1.82) is 0 Å². The van der Waals surface area contributed by atoms with E-state index in [1.807, 2.05) is 13.0 Å². The van der Waals surface area contributed by atoms with Crippen LogP contribution >= 0.6 is 11.3 Å². The molecule has 130 valence electrons. The van der Waals surface area contributed by atoms with E-state index in [0.717, 1.165) is 4.88 Å². The highest BCUT2D eigenvalue weighted by molar-refractivity contribution is 7.14. The Morgan fingerprint density at radius 2 is 2.16 bits per heavy atom. The lowest BCUT2D eigenvalue weighted by molar-refractivity contribution is -0.128. The Morgan fingerprint density at radius 1 is 1.40 bits per heavy atom. The van der Waals surface area contributed by atoms with Crippen molar-refractivity contribution in [1.82, 2.24) is 9.88 Å². The molecule has 25 heavy (non-hydrogen) atoms. The molecule has 0 bridgehead atoms. The number of hydrogen-bond donors (Lipinski definition) is 2. The number of thiophene rings is 1. The van der Waals surface area contributed by atoms with E-state index in [4.69, 9.17) is 5.73 Å². The van der Waals surface area contributed by atoms with Crippen LogP contribution in [0.3, 0.4) is 0 Å². The van der Waals surface area contributed by atoms with Crippen molar-refractivity contribution in [2.75, 3.05) is 12.4 Å². The van der Waals surface area contributed by atoms with E-state index in [2.05, 4.69) is 15.3 Å². The van der Waals surface area contributed by atoms with Crippen LogP contribution in [0.25, 0.3) is 0 Å². The predicted molar refractivity (Wildman–Crippen MR) is 97.6 cm³/mol. The summed E-state index contributed by atoms with van der Waals surface area (Å²) in [4.78, 5) is 36.2. The summed E-state index contributed by atoms with van der Waals surface area (Å²) in [6.07, 6.45) is 1.75. The highest BCUT2D eigenvalue weighted by atomic mass is 32.1. The SMILES string of the molecule is Cc1ccc(C(=O)Nc2ccnc(C3(C)CC(=O)N(C)C(N)=N3)c2)s1. The molecule has 8 heteroatoms. The van der Waals surface area contributed by atoms with Crippen LogP contribution in [0.1, 0.15) is 33.6 Å². The Hall–Kier alpha value is -2.74. The van der Waals surface area contributed by atoms with Gasteiger partial charge in [0.25, 0.3) is 5.91 Å². The average Bonchev–Trinajstić information content (AvgIpc) is 2.99. The lowest BCUT2D eigenvalue weighted by Crippen LogP contribution is -2.47. The number of hydrogen-bond acceptors (Lipinski definition) is 6. The van der Waals surface area contributed by atoms with E-state index in [1.165, 1.54) is 16.2 Å². The van der Waals surface area contributed by atoms with Gasteiger partial charge in [0.2, 0.25) is 5.91 Å². The fraction of sp³-hybridized carbons (Fsp3) is 0.294. The zero-order valence-corrected chi connectivity index (χ0v) is 15.1. The second-order valence-electron chi connectivity index (χ2n) is 6.17. The van der Waals surface area contributed by atoms with Gasteiger partial charge in [-0.25, -0.2) is 4.99 Å². The molecule has 1 aliphatic rings. The van der Waals surface area contributed by atoms with Crippen molar-refractivity contribution in [3.8, 4) is 0 Å². The maximum Gasteiger partial charge on any atom is 0.265 e. The van der Waals surface area contributed by atoms with Crippen LogP contribution in [0, 0.1) is 6.92 Å². The Kier molecular flexibility index (Phi) is 4.30. The largest absolute Gasteiger partial charge is 0.369 e. The molecule has 0 saturated heterocycles. The van der Waals surface area contributed by atoms with Gasteiger partial charge in [-0.15, -0.1) is 11.3 Å². The second-order valence-corrected chi connectivity index (χ2v) is 7.46. The Labute approximate surface area is 149 Å². The van der Waals surface area contributed by atoms with Crippen LogP contribution in [0.2, 0.25) is 0 Å². The molecule has 0 saturated carbocycles. The van der Waals surface area contributed by atoms with Crippen LogP contribution in [-0.2, 0) is 10.3 Å². The van der Waals surface area contributed by atoms with Gasteiger partial charge < -0.3 is 11.1 Å². The molecule has 3 rings (SSSR count). The van der Waals surface area contributed by atoms with Gasteiger partial charge in [0, 0.05) is 23.8 Å². The van der Waals surface area contributed by atoms with Crippen LogP contribution in [0.5, 0.6) is 0 Å². The summed E-state index contributed by atoms with van der Waals surface area (Å²) in [5.41, 5.74) is 6.16. The molecule has 7 nitrogen and oxygen atoms in total. The maximum atomic E-state index is 12.3. The van der Waals surface area contributed by atoms with Gasteiger partial charge in [-0.05, 0) is 38.1 Å². The number of nitrogens with two attached hydrogens (primary N) is 1. The third-order valence-corrected chi connectivity index (χ3v) is 5.11. The van der Waals surface area contributed by atoms with E-state index in [-0.39, 0.29) is 24.2 Å². The minimum Gasteiger partial charge on any atom is -0.369 e. The number of carbonyl (C=O) groups excluding carboxylic acids is 2. The summed E-state index contributed by atoms with van der Waals surface area (Å²) in [5, 5.41) is 2.86. The standard InChI is InChI=1S/C17H19N5O2S/c1-10-4-5-12(25-10)15(24)20-11-6-7-19-13(8-11)17(2)9-14(23)22(3)16(18)21-17/h4-8H,9H2,1-3H3,(H2,18,21)(H,19,20,24). The van der Waals surface area contributed by atoms with Crippen molar-refractivity contribution >= 4 is 34.8 Å². The fourth-order valence-electron chi connectivity index (χ4n) is 2.61. The lowest BCUT2D eigenvalue weighted by Gasteiger charge is -2.32. The number of aromatic nitrogens is 1. The van der Waals surface area contributed by atoms with Gasteiger partial charge >= 0.3 is 0 Å². The number of aliphatic imine (C=N–C) groups is 1. The Morgan fingerprint density at radius 3 is 2.80 bits per heavy atom. The first-order valence-electron chi connectivity index (χ1n) is 7.75. The first-order chi connectivity index (χ1) is 11.8. The van der Waals surface area contributed by atoms with Crippen LogP contribution in [0.4, 0.5) is 5.69 Å². The number of carbonyl (C=O) groups is 2. The van der Waals surface area contributed by atoms with E-state index >= 15 is 0 Å². The van der Waals surface area contributed by atoms with Crippen LogP contribution in [-0.4, -0.2) is 34.7 Å². The number of rotatable bonds is 3. The van der Waals surface area contributed by atoms with Gasteiger partial charge in [0.1, 0.15) is 5.54 Å². The van der Waals surface area contributed by atoms with Crippen molar-refractivity contribution < 1.29 is 9.59 Å². The summed E-state index contributed by atoms with van der Waals surface area (Å²) in [6.45, 7) is 3.76. The van der Waals surface area contributed by atoms with Gasteiger partial charge in [0.05, 0.1) is 17.0 Å². The highest BCUT2D eigenvalue weighted by Gasteiger charge is 2.37.